The fourth-order valence-corrected chi connectivity index (χ4v) is 2.95. The van der Waals surface area contributed by atoms with Crippen molar-refractivity contribution in [3.63, 3.8) is 0 Å². The molecule has 3 aromatic heterocycles. The number of fused-ring (bicyclic) bond motifs is 1. The summed E-state index contributed by atoms with van der Waals surface area (Å²) in [5.74, 6) is 1.19. The van der Waals surface area contributed by atoms with Gasteiger partial charge in [-0.15, -0.1) is 0 Å². The molecule has 0 saturated carbocycles. The van der Waals surface area contributed by atoms with E-state index in [1.165, 1.54) is 0 Å². The largest absolute Gasteiger partial charge is 0.437 e. The van der Waals surface area contributed by atoms with Gasteiger partial charge in [0.15, 0.2) is 5.75 Å². The Balaban J connectivity index is 1.49. The first-order valence-electron chi connectivity index (χ1n) is 8.14. The molecule has 1 aromatic carbocycles. The van der Waals surface area contributed by atoms with Crippen LogP contribution in [-0.2, 0) is 0 Å². The summed E-state index contributed by atoms with van der Waals surface area (Å²) < 4.78 is 5.76. The SMILES string of the molecule is Cc1ncccc1Oc1ccc(NC(=S)c2c[nH]c3ccccc23)cn1. The van der Waals surface area contributed by atoms with Gasteiger partial charge < -0.3 is 15.0 Å². The summed E-state index contributed by atoms with van der Waals surface area (Å²) in [4.78, 5) is 12.4. The molecule has 128 valence electrons. The number of nitrogens with zero attached hydrogens (tertiary/aromatic N) is 2. The minimum atomic E-state index is 0.504. The second-order valence-electron chi connectivity index (χ2n) is 5.78. The maximum Gasteiger partial charge on any atom is 0.219 e. The van der Waals surface area contributed by atoms with E-state index in [9.17, 15) is 0 Å². The molecular weight excluding hydrogens is 344 g/mol. The summed E-state index contributed by atoms with van der Waals surface area (Å²) in [6.45, 7) is 1.89. The van der Waals surface area contributed by atoms with Crippen molar-refractivity contribution >= 4 is 33.8 Å². The number of anilines is 1. The summed E-state index contributed by atoms with van der Waals surface area (Å²) in [7, 11) is 0. The van der Waals surface area contributed by atoms with Crippen molar-refractivity contribution in [2.45, 2.75) is 6.92 Å². The summed E-state index contributed by atoms with van der Waals surface area (Å²) in [5, 5.41) is 4.31. The van der Waals surface area contributed by atoms with E-state index >= 15 is 0 Å². The molecule has 0 aliphatic rings. The number of hydrogen-bond donors (Lipinski definition) is 2. The van der Waals surface area contributed by atoms with Gasteiger partial charge in [-0.3, -0.25) is 4.98 Å². The normalized spacial score (nSPS) is 10.7. The molecule has 3 heterocycles. The fraction of sp³-hybridized carbons (Fsp3) is 0.0500. The highest BCUT2D eigenvalue weighted by Crippen LogP contribution is 2.23. The number of ether oxygens (including phenoxy) is 1. The number of aryl methyl sites for hydroxylation is 1. The summed E-state index contributed by atoms with van der Waals surface area (Å²) in [6.07, 6.45) is 5.34. The van der Waals surface area contributed by atoms with E-state index in [2.05, 4.69) is 20.3 Å². The number of thiocarbonyl (C=S) groups is 1. The molecule has 0 aliphatic carbocycles. The van der Waals surface area contributed by atoms with Crippen LogP contribution in [0.2, 0.25) is 0 Å². The molecule has 5 nitrogen and oxygen atoms in total. The first-order valence-corrected chi connectivity index (χ1v) is 8.54. The van der Waals surface area contributed by atoms with Crippen LogP contribution >= 0.6 is 12.2 Å². The molecule has 0 amide bonds. The minimum Gasteiger partial charge on any atom is -0.437 e. The molecule has 0 aliphatic heterocycles. The Kier molecular flexibility index (Phi) is 4.33. The Morgan fingerprint density at radius 1 is 1.08 bits per heavy atom. The zero-order valence-electron chi connectivity index (χ0n) is 14.1. The highest BCUT2D eigenvalue weighted by molar-refractivity contribution is 7.81. The number of rotatable bonds is 4. The standard InChI is InChI=1S/C20H16N4OS/c1-13-18(7-4-10-21-13)25-19-9-8-14(11-23-19)24-20(26)16-12-22-17-6-3-2-5-15(16)17/h2-12,22H,1H3,(H,24,26). The van der Waals surface area contributed by atoms with Gasteiger partial charge in [-0.05, 0) is 31.2 Å². The first-order chi connectivity index (χ1) is 12.7. The van der Waals surface area contributed by atoms with Crippen LogP contribution in [0, 0.1) is 6.92 Å². The molecule has 4 rings (SSSR count). The van der Waals surface area contributed by atoms with Crippen LogP contribution < -0.4 is 10.1 Å². The van der Waals surface area contributed by atoms with Gasteiger partial charge in [0.2, 0.25) is 5.88 Å². The van der Waals surface area contributed by atoms with E-state index in [4.69, 9.17) is 17.0 Å². The highest BCUT2D eigenvalue weighted by Gasteiger charge is 2.09. The Morgan fingerprint density at radius 3 is 2.77 bits per heavy atom. The zero-order chi connectivity index (χ0) is 17.9. The summed E-state index contributed by atoms with van der Waals surface area (Å²) in [5.41, 5.74) is 3.63. The lowest BCUT2D eigenvalue weighted by atomic mass is 10.2. The van der Waals surface area contributed by atoms with Crippen molar-refractivity contribution in [3.8, 4) is 11.6 Å². The molecule has 0 unspecified atom stereocenters. The number of nitrogens with one attached hydrogen (secondary N) is 2. The number of para-hydroxylation sites is 1. The third-order valence-corrected chi connectivity index (χ3v) is 4.32. The quantitative estimate of drug-likeness (QED) is 0.510. The number of hydrogen-bond acceptors (Lipinski definition) is 4. The van der Waals surface area contributed by atoms with E-state index in [1.807, 2.05) is 55.6 Å². The molecule has 26 heavy (non-hydrogen) atoms. The molecule has 0 atom stereocenters. The lowest BCUT2D eigenvalue weighted by Crippen LogP contribution is -2.10. The van der Waals surface area contributed by atoms with E-state index in [1.54, 1.807) is 18.5 Å². The molecule has 0 spiro atoms. The molecule has 0 fully saturated rings. The van der Waals surface area contributed by atoms with Crippen molar-refractivity contribution in [1.82, 2.24) is 15.0 Å². The first kappa shape index (κ1) is 16.2. The number of benzene rings is 1. The minimum absolute atomic E-state index is 0.504. The van der Waals surface area contributed by atoms with Gasteiger partial charge in [0, 0.05) is 34.9 Å². The number of aromatic nitrogens is 3. The van der Waals surface area contributed by atoms with Crippen LogP contribution in [0.3, 0.4) is 0 Å². The molecule has 0 radical (unpaired) electrons. The Bertz CT molecular complexity index is 1070. The smallest absolute Gasteiger partial charge is 0.219 e. The van der Waals surface area contributed by atoms with E-state index in [0.717, 1.165) is 27.8 Å². The maximum absolute atomic E-state index is 5.76. The van der Waals surface area contributed by atoms with Crippen LogP contribution in [0.4, 0.5) is 5.69 Å². The second-order valence-corrected chi connectivity index (χ2v) is 6.18. The predicted octanol–water partition coefficient (Wildman–Crippen LogP) is 4.85. The van der Waals surface area contributed by atoms with Gasteiger partial charge in [0.1, 0.15) is 4.99 Å². The molecule has 6 heteroatoms. The van der Waals surface area contributed by atoms with Crippen LogP contribution in [0.5, 0.6) is 11.6 Å². The van der Waals surface area contributed by atoms with Crippen molar-refractivity contribution in [2.75, 3.05) is 5.32 Å². The average Bonchev–Trinajstić information content (AvgIpc) is 3.09. The molecule has 2 N–H and O–H groups in total. The van der Waals surface area contributed by atoms with Gasteiger partial charge in [0.05, 0.1) is 17.6 Å². The maximum atomic E-state index is 5.76. The topological polar surface area (TPSA) is 62.8 Å². The molecular formula is C20H16N4OS. The highest BCUT2D eigenvalue weighted by atomic mass is 32.1. The number of H-pyrrole nitrogens is 1. The molecule has 0 bridgehead atoms. The summed E-state index contributed by atoms with van der Waals surface area (Å²) >= 11 is 5.54. The van der Waals surface area contributed by atoms with Crippen LogP contribution in [0.1, 0.15) is 11.3 Å². The van der Waals surface area contributed by atoms with E-state index in [0.29, 0.717) is 16.6 Å². The van der Waals surface area contributed by atoms with Crippen molar-refractivity contribution < 1.29 is 4.74 Å². The lowest BCUT2D eigenvalue weighted by molar-refractivity contribution is 0.457. The van der Waals surface area contributed by atoms with Crippen LogP contribution in [0.25, 0.3) is 10.9 Å². The lowest BCUT2D eigenvalue weighted by Gasteiger charge is -2.09. The van der Waals surface area contributed by atoms with E-state index in [-0.39, 0.29) is 0 Å². The average molecular weight is 360 g/mol. The van der Waals surface area contributed by atoms with Crippen molar-refractivity contribution in [1.29, 1.82) is 0 Å². The van der Waals surface area contributed by atoms with Crippen LogP contribution in [0.15, 0.2) is 67.1 Å². The van der Waals surface area contributed by atoms with Crippen molar-refractivity contribution in [3.05, 3.63) is 78.4 Å². The monoisotopic (exact) mass is 360 g/mol. The fourth-order valence-electron chi connectivity index (χ4n) is 2.66. The van der Waals surface area contributed by atoms with Gasteiger partial charge in [-0.1, -0.05) is 30.4 Å². The van der Waals surface area contributed by atoms with E-state index < -0.39 is 0 Å². The van der Waals surface area contributed by atoms with Gasteiger partial charge in [0.25, 0.3) is 0 Å². The molecule has 0 saturated heterocycles. The second kappa shape index (κ2) is 6.93. The zero-order valence-corrected chi connectivity index (χ0v) is 14.9. The molecule has 4 aromatic rings. The third kappa shape index (κ3) is 3.27. The van der Waals surface area contributed by atoms with Crippen molar-refractivity contribution in [2.24, 2.45) is 0 Å². The number of pyridine rings is 2. The number of aromatic amines is 1. The van der Waals surface area contributed by atoms with Crippen LogP contribution in [-0.4, -0.2) is 19.9 Å². The Hall–Kier alpha value is -3.25. The Morgan fingerprint density at radius 2 is 1.96 bits per heavy atom. The van der Waals surface area contributed by atoms with Gasteiger partial charge in [-0.2, -0.15) is 0 Å². The predicted molar refractivity (Wildman–Crippen MR) is 107 cm³/mol. The van der Waals surface area contributed by atoms with Gasteiger partial charge >= 0.3 is 0 Å². The Labute approximate surface area is 156 Å². The third-order valence-electron chi connectivity index (χ3n) is 4.00. The van der Waals surface area contributed by atoms with Gasteiger partial charge in [-0.25, -0.2) is 4.98 Å². The summed E-state index contributed by atoms with van der Waals surface area (Å²) in [6, 6.07) is 15.4.